The van der Waals surface area contributed by atoms with E-state index in [1.807, 2.05) is 37.3 Å². The van der Waals surface area contributed by atoms with Gasteiger partial charge in [-0.15, -0.1) is 0 Å². The summed E-state index contributed by atoms with van der Waals surface area (Å²) >= 11 is 1.32. The van der Waals surface area contributed by atoms with Gasteiger partial charge in [0.25, 0.3) is 10.1 Å². The third kappa shape index (κ3) is 5.71. The van der Waals surface area contributed by atoms with Gasteiger partial charge in [0.2, 0.25) is 11.6 Å². The molecule has 206 valence electrons. The van der Waals surface area contributed by atoms with Gasteiger partial charge in [-0.1, -0.05) is 52.8 Å². The van der Waals surface area contributed by atoms with Crippen LogP contribution in [0.5, 0.6) is 0 Å². The van der Waals surface area contributed by atoms with Crippen LogP contribution in [0.2, 0.25) is 0 Å². The van der Waals surface area contributed by atoms with Crippen molar-refractivity contribution in [1.82, 2.24) is 0 Å². The number of nitrogens with zero attached hydrogens (tertiary/aromatic N) is 3. The van der Waals surface area contributed by atoms with E-state index in [2.05, 4.69) is 10.0 Å². The predicted molar refractivity (Wildman–Crippen MR) is 139 cm³/mol. The number of methoxy groups -OCH3 is 2. The molecule has 11 nitrogen and oxygen atoms in total. The average Bonchev–Trinajstić information content (AvgIpc) is 2.91. The first-order chi connectivity index (χ1) is 18.1. The molecule has 7 atom stereocenters. The van der Waals surface area contributed by atoms with Crippen molar-refractivity contribution < 1.29 is 36.3 Å². The maximum Gasteiger partial charge on any atom is 0.297 e. The Morgan fingerprint density at radius 2 is 1.61 bits per heavy atom. The van der Waals surface area contributed by atoms with Crippen molar-refractivity contribution in [3.05, 3.63) is 70.6 Å². The van der Waals surface area contributed by atoms with Gasteiger partial charge in [-0.3, -0.25) is 4.18 Å². The van der Waals surface area contributed by atoms with E-state index < -0.39 is 51.5 Å². The number of aryl methyl sites for hydroxylation is 1. The first-order valence-corrected chi connectivity index (χ1v) is 14.2. The van der Waals surface area contributed by atoms with E-state index in [1.54, 1.807) is 26.0 Å². The molecule has 0 N–H and O–H groups in total. The van der Waals surface area contributed by atoms with Crippen LogP contribution in [0.4, 0.5) is 0 Å². The van der Waals surface area contributed by atoms with Crippen LogP contribution in [-0.2, 0) is 38.0 Å². The van der Waals surface area contributed by atoms with Crippen LogP contribution in [0.1, 0.15) is 19.4 Å². The summed E-state index contributed by atoms with van der Waals surface area (Å²) in [5, 5.41) is 3.99. The van der Waals surface area contributed by atoms with Crippen LogP contribution in [0.25, 0.3) is 10.4 Å². The summed E-state index contributed by atoms with van der Waals surface area (Å²) in [5.41, 5.74) is 9.56. The van der Waals surface area contributed by atoms with Crippen LogP contribution in [-0.4, -0.2) is 70.6 Å². The van der Waals surface area contributed by atoms with Crippen molar-refractivity contribution >= 4 is 21.9 Å². The number of benzene rings is 2. The molecule has 0 saturated carbocycles. The van der Waals surface area contributed by atoms with Gasteiger partial charge in [0, 0.05) is 24.0 Å². The lowest BCUT2D eigenvalue weighted by Crippen LogP contribution is -2.72. The topological polar surface area (TPSA) is 138 Å². The van der Waals surface area contributed by atoms with Crippen LogP contribution < -0.4 is 0 Å². The van der Waals surface area contributed by atoms with Crippen molar-refractivity contribution in [2.45, 2.75) is 71.9 Å². The molecule has 2 heterocycles. The number of ether oxygens (including phenoxy) is 5. The van der Waals surface area contributed by atoms with Crippen molar-refractivity contribution in [2.24, 2.45) is 5.11 Å². The van der Waals surface area contributed by atoms with E-state index in [1.165, 1.54) is 38.1 Å². The molecule has 0 amide bonds. The Bertz CT molecular complexity index is 1260. The zero-order valence-electron chi connectivity index (χ0n) is 21.7. The van der Waals surface area contributed by atoms with Gasteiger partial charge in [-0.2, -0.15) is 8.42 Å². The lowest BCUT2D eigenvalue weighted by molar-refractivity contribution is -0.463. The summed E-state index contributed by atoms with van der Waals surface area (Å²) in [5.74, 6) is -2.79. The minimum absolute atomic E-state index is 0.0205. The summed E-state index contributed by atoms with van der Waals surface area (Å²) in [7, 11) is -1.20. The lowest BCUT2D eigenvalue weighted by Gasteiger charge is -2.56. The van der Waals surface area contributed by atoms with Gasteiger partial charge in [0.05, 0.1) is 11.5 Å². The molecule has 0 spiro atoms. The Kier molecular flexibility index (Phi) is 8.72. The molecule has 2 aliphatic heterocycles. The predicted octanol–water partition coefficient (Wildman–Crippen LogP) is 4.41. The van der Waals surface area contributed by atoms with Crippen molar-refractivity contribution in [3.8, 4) is 0 Å². The Morgan fingerprint density at radius 1 is 1.00 bits per heavy atom. The second-order valence-corrected chi connectivity index (χ2v) is 12.0. The summed E-state index contributed by atoms with van der Waals surface area (Å²) in [6, 6.07) is 14.9. The molecule has 0 radical (unpaired) electrons. The Balaban J connectivity index is 1.68. The van der Waals surface area contributed by atoms with Gasteiger partial charge in [-0.25, -0.2) is 0 Å². The molecule has 4 rings (SSSR count). The van der Waals surface area contributed by atoms with E-state index in [9.17, 15) is 13.9 Å². The third-order valence-electron chi connectivity index (χ3n) is 6.82. The molecular formula is C25H31N3O8S2. The molecule has 2 fully saturated rings. The Hall–Kier alpha value is -2.19. The first-order valence-electron chi connectivity index (χ1n) is 11.9. The molecule has 0 unspecified atom stereocenters. The average molecular weight is 566 g/mol. The van der Waals surface area contributed by atoms with Crippen molar-refractivity contribution in [3.63, 3.8) is 0 Å². The van der Waals surface area contributed by atoms with Crippen molar-refractivity contribution in [1.29, 1.82) is 0 Å². The number of rotatable bonds is 9. The molecule has 2 saturated heterocycles. The molecule has 13 heteroatoms. The van der Waals surface area contributed by atoms with Gasteiger partial charge < -0.3 is 23.7 Å². The molecule has 0 aliphatic carbocycles. The fourth-order valence-electron chi connectivity index (χ4n) is 4.35. The quantitative estimate of drug-likeness (QED) is 0.187. The van der Waals surface area contributed by atoms with Gasteiger partial charge >= 0.3 is 0 Å². The second-order valence-electron chi connectivity index (χ2n) is 9.19. The van der Waals surface area contributed by atoms with Crippen molar-refractivity contribution in [2.75, 3.05) is 20.8 Å². The SMILES string of the molecule is CO[C@@]1(C)O[C@@H]2[C@@H](N=[N+]=[N-])[C@H](Sc3ccccc3)O[C@H](COS(=O)(=O)c3ccc(C)cc3)[C@H]2O[C@]1(C)OC. The Morgan fingerprint density at radius 3 is 2.18 bits per heavy atom. The van der Waals surface area contributed by atoms with Gasteiger partial charge in [-0.05, 0) is 50.6 Å². The van der Waals surface area contributed by atoms with Crippen LogP contribution in [0.15, 0.2) is 69.5 Å². The fourth-order valence-corrected chi connectivity index (χ4v) is 6.39. The number of hydrogen-bond donors (Lipinski definition) is 0. The summed E-state index contributed by atoms with van der Waals surface area (Å²) in [6.07, 6.45) is -2.72. The number of fused-ring (bicyclic) bond motifs is 1. The third-order valence-corrected chi connectivity index (χ3v) is 9.28. The number of hydrogen-bond acceptors (Lipinski definition) is 10. The highest BCUT2D eigenvalue weighted by Crippen LogP contribution is 2.46. The highest BCUT2D eigenvalue weighted by molar-refractivity contribution is 7.99. The molecule has 0 bridgehead atoms. The minimum atomic E-state index is -4.10. The summed E-state index contributed by atoms with van der Waals surface area (Å²) in [4.78, 5) is 3.90. The summed E-state index contributed by atoms with van der Waals surface area (Å²) < 4.78 is 61.7. The first kappa shape index (κ1) is 28.8. The molecule has 2 aromatic carbocycles. The van der Waals surface area contributed by atoms with E-state index in [4.69, 9.17) is 27.9 Å². The Labute approximate surface area is 226 Å². The number of azide groups is 1. The maximum atomic E-state index is 13.0. The maximum absolute atomic E-state index is 13.0. The van der Waals surface area contributed by atoms with Crippen LogP contribution in [0, 0.1) is 6.92 Å². The normalized spacial score (nSPS) is 33.2. The minimum Gasteiger partial charge on any atom is -0.358 e. The van der Waals surface area contributed by atoms with E-state index in [0.717, 1.165) is 10.5 Å². The standard InChI is InChI=1S/C25H31N3O8S2/c1-16-11-13-18(14-12-16)38(29,30)33-15-19-21-22(36-25(3,32-5)24(2,31-4)35-21)20(27-28-26)23(34-19)37-17-9-7-6-8-10-17/h6-14,19-23H,15H2,1-5H3/t19-,20-,21-,22-,23+,24+,25+/m1/s1. The van der Waals surface area contributed by atoms with E-state index in [-0.39, 0.29) is 11.5 Å². The van der Waals surface area contributed by atoms with Gasteiger partial charge in [0.15, 0.2) is 0 Å². The molecule has 2 aromatic rings. The molecular weight excluding hydrogens is 534 g/mol. The summed E-state index contributed by atoms with van der Waals surface area (Å²) in [6.45, 7) is 4.78. The smallest absolute Gasteiger partial charge is 0.297 e. The highest BCUT2D eigenvalue weighted by Gasteiger charge is 2.62. The fraction of sp³-hybridized carbons (Fsp3) is 0.520. The van der Waals surface area contributed by atoms with Crippen LogP contribution in [0.3, 0.4) is 0 Å². The zero-order valence-corrected chi connectivity index (χ0v) is 23.3. The van der Waals surface area contributed by atoms with E-state index >= 15 is 0 Å². The molecule has 2 aliphatic rings. The van der Waals surface area contributed by atoms with Gasteiger partial charge in [0.1, 0.15) is 29.8 Å². The largest absolute Gasteiger partial charge is 0.358 e. The lowest BCUT2D eigenvalue weighted by atomic mass is 9.93. The zero-order chi connectivity index (χ0) is 27.6. The highest BCUT2D eigenvalue weighted by atomic mass is 32.2. The number of thioether (sulfide) groups is 1. The monoisotopic (exact) mass is 565 g/mol. The van der Waals surface area contributed by atoms with E-state index in [0.29, 0.717) is 0 Å². The molecule has 0 aromatic heterocycles. The second kappa shape index (κ2) is 11.5. The van der Waals surface area contributed by atoms with Crippen LogP contribution >= 0.6 is 11.8 Å². The molecule has 38 heavy (non-hydrogen) atoms.